The first kappa shape index (κ1) is 17.0. The number of nitrogens with two attached hydrogens (primary N) is 1. The smallest absolute Gasteiger partial charge is 0.237 e. The highest BCUT2D eigenvalue weighted by Gasteiger charge is 2.20. The molecule has 25 heavy (non-hydrogen) atoms. The number of amides is 1. The monoisotopic (exact) mass is 354 g/mol. The summed E-state index contributed by atoms with van der Waals surface area (Å²) in [5, 5.41) is 11.1. The topological polar surface area (TPSA) is 98.7 Å². The minimum atomic E-state index is -0.380. The van der Waals surface area contributed by atoms with Crippen molar-refractivity contribution in [2.75, 3.05) is 11.2 Å². The van der Waals surface area contributed by atoms with E-state index >= 15 is 0 Å². The van der Waals surface area contributed by atoms with Crippen LogP contribution >= 0.6 is 11.8 Å². The van der Waals surface area contributed by atoms with Gasteiger partial charge < -0.3 is 11.2 Å². The molecule has 2 aromatic heterocycles. The number of rotatable bonds is 5. The van der Waals surface area contributed by atoms with Crippen molar-refractivity contribution in [3.8, 4) is 11.4 Å². The Labute approximate surface area is 149 Å². The molecule has 1 amide bonds. The summed E-state index contributed by atoms with van der Waals surface area (Å²) in [6.07, 6.45) is 3.34. The molecule has 0 aliphatic heterocycles. The molecule has 0 aliphatic rings. The van der Waals surface area contributed by atoms with E-state index in [-0.39, 0.29) is 11.2 Å². The van der Waals surface area contributed by atoms with Crippen LogP contribution in [0.2, 0.25) is 0 Å². The van der Waals surface area contributed by atoms with Gasteiger partial charge in [0.1, 0.15) is 0 Å². The molecule has 1 atom stereocenters. The Morgan fingerprint density at radius 2 is 2.00 bits per heavy atom. The van der Waals surface area contributed by atoms with Crippen LogP contribution in [-0.2, 0) is 4.79 Å². The minimum absolute atomic E-state index is 0.125. The van der Waals surface area contributed by atoms with Crippen molar-refractivity contribution in [1.29, 1.82) is 0 Å². The average molecular weight is 354 g/mol. The van der Waals surface area contributed by atoms with Gasteiger partial charge in [-0.15, -0.1) is 10.2 Å². The second-order valence-electron chi connectivity index (χ2n) is 5.53. The molecule has 128 valence electrons. The van der Waals surface area contributed by atoms with Crippen molar-refractivity contribution < 1.29 is 4.79 Å². The predicted molar refractivity (Wildman–Crippen MR) is 98.5 cm³/mol. The highest BCUT2D eigenvalue weighted by atomic mass is 32.2. The van der Waals surface area contributed by atoms with E-state index in [1.165, 1.54) is 16.4 Å². The molecule has 1 aromatic carbocycles. The third-order valence-corrected chi connectivity index (χ3v) is 4.61. The van der Waals surface area contributed by atoms with E-state index in [9.17, 15) is 4.79 Å². The quantitative estimate of drug-likeness (QED) is 0.539. The molecule has 0 saturated carbocycles. The Bertz CT molecular complexity index is 863. The zero-order valence-corrected chi connectivity index (χ0v) is 14.7. The maximum Gasteiger partial charge on any atom is 0.237 e. The zero-order chi connectivity index (χ0) is 17.8. The lowest BCUT2D eigenvalue weighted by Crippen LogP contribution is -2.23. The molecule has 8 heteroatoms. The van der Waals surface area contributed by atoms with E-state index in [2.05, 4.69) is 20.5 Å². The molecule has 0 unspecified atom stereocenters. The van der Waals surface area contributed by atoms with E-state index < -0.39 is 0 Å². The van der Waals surface area contributed by atoms with E-state index in [1.807, 2.05) is 37.3 Å². The lowest BCUT2D eigenvalue weighted by atomic mass is 10.2. The van der Waals surface area contributed by atoms with Gasteiger partial charge in [-0.1, -0.05) is 29.5 Å². The fraction of sp³-hybridized carbons (Fsp3) is 0.176. The van der Waals surface area contributed by atoms with E-state index in [0.717, 1.165) is 16.8 Å². The molecule has 3 aromatic rings. The second-order valence-corrected chi connectivity index (χ2v) is 6.84. The number of aryl methyl sites for hydroxylation is 1. The first-order chi connectivity index (χ1) is 12.0. The minimum Gasteiger partial charge on any atom is -0.335 e. The average Bonchev–Trinajstić information content (AvgIpc) is 2.98. The molecule has 0 aliphatic carbocycles. The van der Waals surface area contributed by atoms with Gasteiger partial charge in [0.15, 0.2) is 5.82 Å². The maximum atomic E-state index is 12.3. The molecule has 2 heterocycles. The van der Waals surface area contributed by atoms with Crippen LogP contribution in [0.1, 0.15) is 12.5 Å². The van der Waals surface area contributed by atoms with Crippen LogP contribution in [0, 0.1) is 6.92 Å². The summed E-state index contributed by atoms with van der Waals surface area (Å²) in [5.74, 6) is 6.44. The number of hydrogen-bond acceptors (Lipinski definition) is 6. The van der Waals surface area contributed by atoms with Crippen molar-refractivity contribution in [3.05, 3.63) is 54.4 Å². The number of aromatic nitrogens is 4. The van der Waals surface area contributed by atoms with Gasteiger partial charge in [-0.05, 0) is 38.1 Å². The van der Waals surface area contributed by atoms with Crippen molar-refractivity contribution >= 4 is 23.4 Å². The van der Waals surface area contributed by atoms with Gasteiger partial charge in [-0.3, -0.25) is 9.78 Å². The summed E-state index contributed by atoms with van der Waals surface area (Å²) in [7, 11) is 0. The van der Waals surface area contributed by atoms with Crippen molar-refractivity contribution in [2.24, 2.45) is 0 Å². The summed E-state index contributed by atoms with van der Waals surface area (Å²) in [4.78, 5) is 16.4. The maximum absolute atomic E-state index is 12.3. The molecule has 0 bridgehead atoms. The number of carbonyl (C=O) groups excluding carboxylic acids is 1. The molecule has 7 nitrogen and oxygen atoms in total. The van der Waals surface area contributed by atoms with E-state index in [4.69, 9.17) is 5.84 Å². The van der Waals surface area contributed by atoms with E-state index in [1.54, 1.807) is 25.4 Å². The highest BCUT2D eigenvalue weighted by molar-refractivity contribution is 8.00. The van der Waals surface area contributed by atoms with Gasteiger partial charge in [0, 0.05) is 23.6 Å². The number of nitrogen functional groups attached to an aromatic ring is 1. The number of thioether (sulfide) groups is 1. The van der Waals surface area contributed by atoms with Gasteiger partial charge in [0.25, 0.3) is 0 Å². The number of nitrogens with zero attached hydrogens (tertiary/aromatic N) is 4. The van der Waals surface area contributed by atoms with Gasteiger partial charge in [-0.2, -0.15) is 0 Å². The summed E-state index contributed by atoms with van der Waals surface area (Å²) in [6, 6.07) is 11.3. The van der Waals surface area contributed by atoms with E-state index in [0.29, 0.717) is 11.0 Å². The SMILES string of the molecule is Cc1ccc(NC(=O)[C@@H](C)Sc2nnc(-c3cccnc3)n2N)cc1. The first-order valence-corrected chi connectivity index (χ1v) is 8.57. The van der Waals surface area contributed by atoms with Crippen LogP contribution < -0.4 is 11.2 Å². The Morgan fingerprint density at radius 3 is 2.68 bits per heavy atom. The van der Waals surface area contributed by atoms with Crippen LogP contribution in [0.25, 0.3) is 11.4 Å². The normalized spacial score (nSPS) is 11.9. The first-order valence-electron chi connectivity index (χ1n) is 7.69. The van der Waals surface area contributed by atoms with Gasteiger partial charge in [-0.25, -0.2) is 4.68 Å². The van der Waals surface area contributed by atoms with Crippen molar-refractivity contribution in [2.45, 2.75) is 24.3 Å². The Kier molecular flexibility index (Phi) is 4.99. The molecular formula is C17H18N6OS. The molecule has 3 N–H and O–H groups in total. The van der Waals surface area contributed by atoms with Gasteiger partial charge >= 0.3 is 0 Å². The van der Waals surface area contributed by atoms with Crippen molar-refractivity contribution in [1.82, 2.24) is 19.9 Å². The van der Waals surface area contributed by atoms with Crippen molar-refractivity contribution in [3.63, 3.8) is 0 Å². The highest BCUT2D eigenvalue weighted by Crippen LogP contribution is 2.25. The third kappa shape index (κ3) is 3.97. The summed E-state index contributed by atoms with van der Waals surface area (Å²) in [6.45, 7) is 3.80. The van der Waals surface area contributed by atoms with Gasteiger partial charge in [0.05, 0.1) is 5.25 Å². The van der Waals surface area contributed by atoms with Crippen LogP contribution in [0.15, 0.2) is 53.9 Å². The lowest BCUT2D eigenvalue weighted by molar-refractivity contribution is -0.115. The summed E-state index contributed by atoms with van der Waals surface area (Å²) < 4.78 is 1.37. The lowest BCUT2D eigenvalue weighted by Gasteiger charge is -2.11. The number of hydrogen-bond donors (Lipinski definition) is 2. The standard InChI is InChI=1S/C17H18N6OS/c1-11-5-7-14(8-6-11)20-16(24)12(2)25-17-22-21-15(23(17)18)13-4-3-9-19-10-13/h3-10,12H,18H2,1-2H3,(H,20,24)/t12-/m1/s1. The van der Waals surface area contributed by atoms with Crippen LogP contribution in [0.4, 0.5) is 5.69 Å². The van der Waals surface area contributed by atoms with Crippen LogP contribution in [-0.4, -0.2) is 31.0 Å². The fourth-order valence-electron chi connectivity index (χ4n) is 2.14. The predicted octanol–water partition coefficient (Wildman–Crippen LogP) is 2.48. The fourth-order valence-corrected chi connectivity index (χ4v) is 2.91. The Morgan fingerprint density at radius 1 is 1.24 bits per heavy atom. The molecule has 0 saturated heterocycles. The van der Waals surface area contributed by atoms with Gasteiger partial charge in [0.2, 0.25) is 11.1 Å². The number of nitrogens with one attached hydrogen (secondary N) is 1. The Hall–Kier alpha value is -2.87. The summed E-state index contributed by atoms with van der Waals surface area (Å²) >= 11 is 1.25. The largest absolute Gasteiger partial charge is 0.335 e. The molecule has 0 spiro atoms. The zero-order valence-electron chi connectivity index (χ0n) is 13.9. The van der Waals surface area contributed by atoms with Crippen LogP contribution in [0.3, 0.4) is 0 Å². The molecule has 0 fully saturated rings. The number of carbonyl (C=O) groups is 1. The number of pyridine rings is 1. The van der Waals surface area contributed by atoms with Crippen LogP contribution in [0.5, 0.6) is 0 Å². The number of anilines is 1. The second kappa shape index (κ2) is 7.35. The molecule has 3 rings (SSSR count). The number of benzene rings is 1. The third-order valence-electron chi connectivity index (χ3n) is 3.55. The molecular weight excluding hydrogens is 336 g/mol. The Balaban J connectivity index is 1.68. The summed E-state index contributed by atoms with van der Waals surface area (Å²) in [5.41, 5.74) is 2.66. The molecule has 0 radical (unpaired) electrons.